The molecule has 0 radical (unpaired) electrons. The van der Waals surface area contributed by atoms with Crippen LogP contribution >= 0.6 is 24.2 Å². The summed E-state index contributed by atoms with van der Waals surface area (Å²) in [5.74, 6) is -0.105. The maximum absolute atomic E-state index is 11.9. The third kappa shape index (κ3) is 7.21. The lowest BCUT2D eigenvalue weighted by atomic mass is 10.1. The summed E-state index contributed by atoms with van der Waals surface area (Å²) < 4.78 is 0.181. The van der Waals surface area contributed by atoms with Gasteiger partial charge in [-0.2, -0.15) is 0 Å². The number of hydrogen-bond donors (Lipinski definition) is 2. The second-order valence-electron chi connectivity index (χ2n) is 6.08. The van der Waals surface area contributed by atoms with Gasteiger partial charge in [-0.15, -0.1) is 24.2 Å². The number of benzene rings is 1. The zero-order chi connectivity index (χ0) is 15.3. The Labute approximate surface area is 138 Å². The van der Waals surface area contributed by atoms with Gasteiger partial charge in [0.1, 0.15) is 0 Å². The number of amides is 1. The Morgan fingerprint density at radius 3 is 2.48 bits per heavy atom. The number of nitrogens with two attached hydrogens (primary N) is 1. The van der Waals surface area contributed by atoms with Crippen LogP contribution in [0.1, 0.15) is 46.1 Å². The second-order valence-corrected chi connectivity index (χ2v) is 7.98. The Hall–Kier alpha value is -0.710. The average molecular weight is 331 g/mol. The van der Waals surface area contributed by atoms with E-state index in [1.807, 2.05) is 37.7 Å². The molecule has 3 nitrogen and oxygen atoms in total. The maximum Gasteiger partial charge on any atom is 0.241 e. The van der Waals surface area contributed by atoms with Crippen LogP contribution in [-0.2, 0) is 4.79 Å². The van der Waals surface area contributed by atoms with Crippen molar-refractivity contribution in [3.8, 4) is 0 Å². The zero-order valence-corrected chi connectivity index (χ0v) is 15.2. The van der Waals surface area contributed by atoms with Crippen LogP contribution in [0.5, 0.6) is 0 Å². The van der Waals surface area contributed by atoms with E-state index in [0.717, 1.165) is 17.7 Å². The Bertz CT molecular complexity index is 472. The molecule has 0 saturated carbocycles. The molecule has 0 aliphatic heterocycles. The second kappa shape index (κ2) is 8.66. The number of carbonyl (C=O) groups excluding carboxylic acids is 1. The minimum absolute atomic E-state index is 0. The highest BCUT2D eigenvalue weighted by molar-refractivity contribution is 8.00. The molecule has 1 rings (SSSR count). The molecule has 1 amide bonds. The van der Waals surface area contributed by atoms with Crippen LogP contribution in [0.3, 0.4) is 0 Å². The van der Waals surface area contributed by atoms with Gasteiger partial charge >= 0.3 is 0 Å². The van der Waals surface area contributed by atoms with Gasteiger partial charge in [-0.3, -0.25) is 4.79 Å². The molecule has 1 aromatic carbocycles. The molecule has 1 aromatic rings. The lowest BCUT2D eigenvalue weighted by Gasteiger charge is -2.19. The van der Waals surface area contributed by atoms with Crippen LogP contribution in [0.4, 0.5) is 5.69 Å². The number of anilines is 1. The normalized spacial score (nSPS) is 12.5. The predicted octanol–water partition coefficient (Wildman–Crippen LogP) is 4.37. The molecule has 3 N–H and O–H groups in total. The van der Waals surface area contributed by atoms with Gasteiger partial charge in [0, 0.05) is 15.3 Å². The molecule has 120 valence electrons. The Balaban J connectivity index is 0.00000400. The van der Waals surface area contributed by atoms with Gasteiger partial charge in [-0.1, -0.05) is 34.1 Å². The van der Waals surface area contributed by atoms with Gasteiger partial charge in [0.05, 0.1) is 6.04 Å². The first-order valence-corrected chi connectivity index (χ1v) is 7.90. The highest BCUT2D eigenvalue weighted by Crippen LogP contribution is 2.33. The topological polar surface area (TPSA) is 55.1 Å². The Morgan fingerprint density at radius 2 is 2.00 bits per heavy atom. The fourth-order valence-corrected chi connectivity index (χ4v) is 2.94. The van der Waals surface area contributed by atoms with Crippen LogP contribution in [0, 0.1) is 6.92 Å². The summed E-state index contributed by atoms with van der Waals surface area (Å²) in [6, 6.07) is 5.68. The molecule has 0 bridgehead atoms. The van der Waals surface area contributed by atoms with Gasteiger partial charge in [0.25, 0.3) is 0 Å². The SMILES string of the molecule is CCCC(N)C(=O)Nc1ccc(SC(C)(C)C)cc1C.Cl. The quantitative estimate of drug-likeness (QED) is 0.788. The molecule has 0 aliphatic rings. The Kier molecular flexibility index (Phi) is 8.37. The van der Waals surface area contributed by atoms with Gasteiger partial charge in [0.2, 0.25) is 5.91 Å². The first-order valence-electron chi connectivity index (χ1n) is 7.09. The average Bonchev–Trinajstić information content (AvgIpc) is 2.30. The lowest BCUT2D eigenvalue weighted by molar-refractivity contribution is -0.117. The smallest absolute Gasteiger partial charge is 0.241 e. The molecule has 5 heteroatoms. The molecule has 0 aliphatic carbocycles. The Morgan fingerprint density at radius 1 is 1.38 bits per heavy atom. The standard InChI is InChI=1S/C16H26N2OS.ClH/c1-6-7-13(17)15(19)18-14-9-8-12(10-11(14)2)20-16(3,4)5;/h8-10,13H,6-7,17H2,1-5H3,(H,18,19);1H. The van der Waals surface area contributed by atoms with Crippen LogP contribution in [-0.4, -0.2) is 16.7 Å². The van der Waals surface area contributed by atoms with Crippen molar-refractivity contribution in [1.82, 2.24) is 0 Å². The monoisotopic (exact) mass is 330 g/mol. The molecule has 0 heterocycles. The summed E-state index contributed by atoms with van der Waals surface area (Å²) in [5, 5.41) is 2.91. The molecular weight excluding hydrogens is 304 g/mol. The number of nitrogens with one attached hydrogen (secondary N) is 1. The largest absolute Gasteiger partial charge is 0.324 e. The number of hydrogen-bond acceptors (Lipinski definition) is 3. The molecule has 0 saturated heterocycles. The van der Waals surface area contributed by atoms with Crippen molar-refractivity contribution in [3.63, 3.8) is 0 Å². The van der Waals surface area contributed by atoms with Gasteiger partial charge in [-0.25, -0.2) is 0 Å². The summed E-state index contributed by atoms with van der Waals surface area (Å²) >= 11 is 1.82. The van der Waals surface area contributed by atoms with E-state index >= 15 is 0 Å². The molecule has 1 atom stereocenters. The summed E-state index contributed by atoms with van der Waals surface area (Å²) in [4.78, 5) is 13.1. The van der Waals surface area contributed by atoms with Crippen LogP contribution in [0.2, 0.25) is 0 Å². The maximum atomic E-state index is 11.9. The zero-order valence-electron chi connectivity index (χ0n) is 13.5. The number of thioether (sulfide) groups is 1. The van der Waals surface area contributed by atoms with Crippen LogP contribution in [0.15, 0.2) is 23.1 Å². The number of halogens is 1. The summed E-state index contributed by atoms with van der Waals surface area (Å²) in [7, 11) is 0. The van der Waals surface area contributed by atoms with Gasteiger partial charge < -0.3 is 11.1 Å². The van der Waals surface area contributed by atoms with E-state index in [4.69, 9.17) is 5.73 Å². The minimum atomic E-state index is -0.428. The van der Waals surface area contributed by atoms with Crippen LogP contribution in [0.25, 0.3) is 0 Å². The summed E-state index contributed by atoms with van der Waals surface area (Å²) in [6.07, 6.45) is 1.62. The van der Waals surface area contributed by atoms with E-state index in [-0.39, 0.29) is 23.1 Å². The molecule has 0 aromatic heterocycles. The third-order valence-corrected chi connectivity index (χ3v) is 3.92. The van der Waals surface area contributed by atoms with Crippen molar-refractivity contribution < 1.29 is 4.79 Å². The summed E-state index contributed by atoms with van der Waals surface area (Å²) in [5.41, 5.74) is 7.74. The van der Waals surface area contributed by atoms with E-state index < -0.39 is 6.04 Å². The third-order valence-electron chi connectivity index (χ3n) is 2.82. The van der Waals surface area contributed by atoms with Crippen molar-refractivity contribution in [1.29, 1.82) is 0 Å². The molecule has 0 fully saturated rings. The fourth-order valence-electron chi connectivity index (χ4n) is 1.86. The highest BCUT2D eigenvalue weighted by atomic mass is 35.5. The minimum Gasteiger partial charge on any atom is -0.324 e. The van der Waals surface area contributed by atoms with Crippen LogP contribution < -0.4 is 11.1 Å². The molecule has 21 heavy (non-hydrogen) atoms. The lowest BCUT2D eigenvalue weighted by Crippen LogP contribution is -2.35. The van der Waals surface area contributed by atoms with Crippen molar-refractivity contribution in [2.24, 2.45) is 5.73 Å². The van der Waals surface area contributed by atoms with E-state index in [0.29, 0.717) is 6.42 Å². The van der Waals surface area contributed by atoms with E-state index in [1.54, 1.807) is 0 Å². The van der Waals surface area contributed by atoms with Crippen molar-refractivity contribution in [3.05, 3.63) is 23.8 Å². The van der Waals surface area contributed by atoms with E-state index in [9.17, 15) is 4.79 Å². The first kappa shape index (κ1) is 20.3. The fraction of sp³-hybridized carbons (Fsp3) is 0.562. The van der Waals surface area contributed by atoms with Gasteiger partial charge in [0.15, 0.2) is 0 Å². The number of aryl methyl sites for hydroxylation is 1. The first-order chi connectivity index (χ1) is 9.23. The molecule has 1 unspecified atom stereocenters. The number of rotatable bonds is 5. The molecular formula is C16H27ClN2OS. The number of carbonyl (C=O) groups is 1. The molecule has 0 spiro atoms. The van der Waals surface area contributed by atoms with E-state index in [1.165, 1.54) is 4.90 Å². The predicted molar refractivity (Wildman–Crippen MR) is 95.6 cm³/mol. The van der Waals surface area contributed by atoms with E-state index in [2.05, 4.69) is 32.2 Å². The highest BCUT2D eigenvalue weighted by Gasteiger charge is 2.15. The summed E-state index contributed by atoms with van der Waals surface area (Å²) in [6.45, 7) is 10.6. The van der Waals surface area contributed by atoms with Crippen molar-refractivity contribution in [2.45, 2.75) is 63.1 Å². The van der Waals surface area contributed by atoms with Gasteiger partial charge in [-0.05, 0) is 37.1 Å². The van der Waals surface area contributed by atoms with Crippen molar-refractivity contribution >= 4 is 35.8 Å². The van der Waals surface area contributed by atoms with Crippen molar-refractivity contribution in [2.75, 3.05) is 5.32 Å².